The summed E-state index contributed by atoms with van der Waals surface area (Å²) in [6.45, 7) is 0. The third-order valence-corrected chi connectivity index (χ3v) is 12.2. The SMILES string of the molecule is c1ccc(-c2ccc(N(c3ccc4c(c3)oc3ccccc34)c3ccc(-c4cccc5c4c4ccccc4n5-c4ccccc4)c4ccccc34)c(-c3ccccc3)c2)cc1. The molecule has 0 fully saturated rings. The fourth-order valence-electron chi connectivity index (χ4n) is 9.46. The predicted molar refractivity (Wildman–Crippen MR) is 257 cm³/mol. The number of furan rings is 1. The summed E-state index contributed by atoms with van der Waals surface area (Å²) in [5.41, 5.74) is 15.5. The van der Waals surface area contributed by atoms with E-state index >= 15 is 0 Å². The maximum Gasteiger partial charge on any atom is 0.137 e. The second-order valence-corrected chi connectivity index (χ2v) is 15.6. The van der Waals surface area contributed by atoms with Gasteiger partial charge in [0.05, 0.1) is 22.4 Å². The van der Waals surface area contributed by atoms with E-state index in [0.717, 1.165) is 61.2 Å². The molecule has 12 rings (SSSR count). The van der Waals surface area contributed by atoms with Gasteiger partial charge in [-0.05, 0) is 93.9 Å². The molecular formula is C58H38N2O. The van der Waals surface area contributed by atoms with Crippen LogP contribution in [0.5, 0.6) is 0 Å². The Balaban J connectivity index is 1.13. The summed E-state index contributed by atoms with van der Waals surface area (Å²) in [5, 5.41) is 7.03. The summed E-state index contributed by atoms with van der Waals surface area (Å²) in [6.07, 6.45) is 0. The number of nitrogens with zero attached hydrogens (tertiary/aromatic N) is 2. The van der Waals surface area contributed by atoms with Gasteiger partial charge >= 0.3 is 0 Å². The maximum absolute atomic E-state index is 6.55. The average Bonchev–Trinajstić information content (AvgIpc) is 3.88. The van der Waals surface area contributed by atoms with E-state index in [0.29, 0.717) is 0 Å². The van der Waals surface area contributed by atoms with Crippen LogP contribution < -0.4 is 4.90 Å². The van der Waals surface area contributed by atoms with Crippen molar-refractivity contribution < 1.29 is 4.42 Å². The standard InChI is InChI=1S/C58H38N2O/c1-4-17-39(18-5-1)41-31-35-54(51(37-41)40-19-6-2-7-20-40)60(43-32-33-48-47-25-13-15-30-56(47)61-57(48)38-43)53-36-34-45(44-23-10-11-24-46(44)53)49-27-16-29-55-58(49)50-26-12-14-28-52(50)59(55)42-21-8-3-9-22-42/h1-38H. The lowest BCUT2D eigenvalue weighted by molar-refractivity contribution is 0.669. The summed E-state index contributed by atoms with van der Waals surface area (Å²) in [5.74, 6) is 0. The third kappa shape index (κ3) is 5.74. The Kier molecular flexibility index (Phi) is 8.17. The Labute approximate surface area is 353 Å². The third-order valence-electron chi connectivity index (χ3n) is 12.2. The van der Waals surface area contributed by atoms with Crippen LogP contribution in [-0.4, -0.2) is 4.57 Å². The van der Waals surface area contributed by atoms with Crippen LogP contribution in [0.3, 0.4) is 0 Å². The maximum atomic E-state index is 6.55. The minimum absolute atomic E-state index is 0.855. The fourth-order valence-corrected chi connectivity index (χ4v) is 9.46. The number of anilines is 3. The number of hydrogen-bond acceptors (Lipinski definition) is 2. The largest absolute Gasteiger partial charge is 0.456 e. The number of rotatable bonds is 7. The fraction of sp³-hybridized carbons (Fsp3) is 0. The van der Waals surface area contributed by atoms with E-state index < -0.39 is 0 Å². The first-order valence-electron chi connectivity index (χ1n) is 20.8. The Morgan fingerprint density at radius 3 is 1.75 bits per heavy atom. The topological polar surface area (TPSA) is 21.3 Å². The molecule has 12 aromatic rings. The van der Waals surface area contributed by atoms with Gasteiger partial charge in [-0.25, -0.2) is 0 Å². The summed E-state index contributed by atoms with van der Waals surface area (Å²) < 4.78 is 8.95. The van der Waals surface area contributed by atoms with E-state index in [1.165, 1.54) is 49.4 Å². The van der Waals surface area contributed by atoms with Gasteiger partial charge in [0.1, 0.15) is 11.2 Å². The quantitative estimate of drug-likeness (QED) is 0.161. The molecule has 286 valence electrons. The summed E-state index contributed by atoms with van der Waals surface area (Å²) in [6, 6.07) is 83.0. The van der Waals surface area contributed by atoms with Crippen molar-refractivity contribution in [3.05, 3.63) is 231 Å². The number of para-hydroxylation sites is 3. The summed E-state index contributed by atoms with van der Waals surface area (Å²) in [7, 11) is 0. The molecular weight excluding hydrogens is 741 g/mol. The van der Waals surface area contributed by atoms with Crippen molar-refractivity contribution in [1.82, 2.24) is 4.57 Å². The van der Waals surface area contributed by atoms with Gasteiger partial charge in [-0.2, -0.15) is 0 Å². The van der Waals surface area contributed by atoms with E-state index in [-0.39, 0.29) is 0 Å². The lowest BCUT2D eigenvalue weighted by Crippen LogP contribution is -2.12. The number of aromatic nitrogens is 1. The highest BCUT2D eigenvalue weighted by molar-refractivity contribution is 6.19. The van der Waals surface area contributed by atoms with Crippen LogP contribution in [0.2, 0.25) is 0 Å². The zero-order chi connectivity index (χ0) is 40.3. The molecule has 3 heteroatoms. The van der Waals surface area contributed by atoms with Crippen molar-refractivity contribution >= 4 is 71.6 Å². The molecule has 0 radical (unpaired) electrons. The molecule has 2 heterocycles. The van der Waals surface area contributed by atoms with Crippen LogP contribution in [0.1, 0.15) is 0 Å². The second-order valence-electron chi connectivity index (χ2n) is 15.6. The highest BCUT2D eigenvalue weighted by Crippen LogP contribution is 2.48. The van der Waals surface area contributed by atoms with Crippen molar-refractivity contribution in [1.29, 1.82) is 0 Å². The first-order chi connectivity index (χ1) is 30.3. The zero-order valence-corrected chi connectivity index (χ0v) is 33.2. The average molecular weight is 779 g/mol. The normalized spacial score (nSPS) is 11.6. The van der Waals surface area contributed by atoms with Crippen LogP contribution in [-0.2, 0) is 0 Å². The molecule has 61 heavy (non-hydrogen) atoms. The minimum Gasteiger partial charge on any atom is -0.456 e. The van der Waals surface area contributed by atoms with Crippen LogP contribution in [0, 0.1) is 0 Å². The predicted octanol–water partition coefficient (Wildman–Crippen LogP) is 16.3. The van der Waals surface area contributed by atoms with Gasteiger partial charge in [-0.3, -0.25) is 0 Å². The van der Waals surface area contributed by atoms with Gasteiger partial charge in [0.25, 0.3) is 0 Å². The molecule has 0 unspecified atom stereocenters. The Morgan fingerprint density at radius 2 is 0.951 bits per heavy atom. The molecule has 0 aliphatic heterocycles. The summed E-state index contributed by atoms with van der Waals surface area (Å²) >= 11 is 0. The molecule has 0 amide bonds. The van der Waals surface area contributed by atoms with Crippen LogP contribution in [0.4, 0.5) is 17.1 Å². The van der Waals surface area contributed by atoms with E-state index in [1.807, 2.05) is 12.1 Å². The molecule has 3 nitrogen and oxygen atoms in total. The molecule has 0 saturated heterocycles. The lowest BCUT2D eigenvalue weighted by Gasteiger charge is -2.30. The second kappa shape index (κ2) is 14.3. The molecule has 0 spiro atoms. The molecule has 10 aromatic carbocycles. The van der Waals surface area contributed by atoms with E-state index in [4.69, 9.17) is 4.42 Å². The van der Waals surface area contributed by atoms with Crippen LogP contribution >= 0.6 is 0 Å². The molecule has 0 N–H and O–H groups in total. The van der Waals surface area contributed by atoms with Gasteiger partial charge in [0.15, 0.2) is 0 Å². The highest BCUT2D eigenvalue weighted by atomic mass is 16.3. The molecule has 0 saturated carbocycles. The van der Waals surface area contributed by atoms with Crippen LogP contribution in [0.15, 0.2) is 235 Å². The van der Waals surface area contributed by atoms with Crippen molar-refractivity contribution in [2.45, 2.75) is 0 Å². The van der Waals surface area contributed by atoms with E-state index in [1.54, 1.807) is 0 Å². The van der Waals surface area contributed by atoms with E-state index in [2.05, 4.69) is 228 Å². The first-order valence-corrected chi connectivity index (χ1v) is 20.8. The van der Waals surface area contributed by atoms with Crippen molar-refractivity contribution in [2.75, 3.05) is 4.90 Å². The van der Waals surface area contributed by atoms with Gasteiger partial charge in [0, 0.05) is 49.9 Å². The first kappa shape index (κ1) is 34.9. The van der Waals surface area contributed by atoms with Gasteiger partial charge < -0.3 is 13.9 Å². The molecule has 0 bridgehead atoms. The van der Waals surface area contributed by atoms with Gasteiger partial charge in [0.2, 0.25) is 0 Å². The van der Waals surface area contributed by atoms with Gasteiger partial charge in [-0.15, -0.1) is 0 Å². The lowest BCUT2D eigenvalue weighted by atomic mass is 9.92. The summed E-state index contributed by atoms with van der Waals surface area (Å²) in [4.78, 5) is 2.43. The monoisotopic (exact) mass is 778 g/mol. The molecule has 0 atom stereocenters. The number of benzene rings is 10. The molecule has 2 aromatic heterocycles. The van der Waals surface area contributed by atoms with Crippen LogP contribution in [0.25, 0.3) is 93.6 Å². The molecule has 0 aliphatic rings. The Hall–Kier alpha value is -8.14. The zero-order valence-electron chi connectivity index (χ0n) is 33.2. The van der Waals surface area contributed by atoms with Gasteiger partial charge in [-0.1, -0.05) is 164 Å². The van der Waals surface area contributed by atoms with Crippen molar-refractivity contribution in [3.8, 4) is 39.1 Å². The number of fused-ring (bicyclic) bond motifs is 7. The van der Waals surface area contributed by atoms with Crippen molar-refractivity contribution in [2.24, 2.45) is 0 Å². The molecule has 0 aliphatic carbocycles. The number of hydrogen-bond donors (Lipinski definition) is 0. The Bertz CT molecular complexity index is 3580. The van der Waals surface area contributed by atoms with E-state index in [9.17, 15) is 0 Å². The Morgan fingerprint density at radius 1 is 0.328 bits per heavy atom. The van der Waals surface area contributed by atoms with Crippen molar-refractivity contribution in [3.63, 3.8) is 0 Å². The minimum atomic E-state index is 0.855. The smallest absolute Gasteiger partial charge is 0.137 e. The highest BCUT2D eigenvalue weighted by Gasteiger charge is 2.24.